The van der Waals surface area contributed by atoms with Crippen molar-refractivity contribution in [1.82, 2.24) is 15.1 Å². The summed E-state index contributed by atoms with van der Waals surface area (Å²) in [5.41, 5.74) is 0.453. The molecule has 1 N–H and O–H groups in total. The molecule has 1 atom stereocenters. The number of hydrogen-bond donors (Lipinski definition) is 1. The topological polar surface area (TPSA) is 52.7 Å². The molecule has 3 amide bonds. The minimum absolute atomic E-state index is 0.113. The van der Waals surface area contributed by atoms with Crippen LogP contribution in [0.2, 0.25) is 0 Å². The highest BCUT2D eigenvalue weighted by atomic mass is 19.1. The Balaban J connectivity index is 1.66. The van der Waals surface area contributed by atoms with Crippen molar-refractivity contribution in [2.45, 2.75) is 25.8 Å². The Hall–Kier alpha value is -2.37. The van der Waals surface area contributed by atoms with E-state index in [-0.39, 0.29) is 17.8 Å². The number of urea groups is 1. The lowest BCUT2D eigenvalue weighted by atomic mass is 9.78. The van der Waals surface area contributed by atoms with Crippen LogP contribution in [0.4, 0.5) is 9.18 Å². The summed E-state index contributed by atoms with van der Waals surface area (Å²) in [6, 6.07) is 6.13. The normalized spacial score (nSPS) is 23.2. The molecule has 0 saturated carbocycles. The molecule has 3 rings (SSSR count). The van der Waals surface area contributed by atoms with E-state index < -0.39 is 5.41 Å². The van der Waals surface area contributed by atoms with Crippen molar-refractivity contribution in [3.8, 4) is 0 Å². The standard InChI is InChI=1S/C19H24FN3O2/c1-2-10-21-18(25)23-12-9-19(14-23)8-3-11-22(17(19)24)13-15-4-6-16(20)7-5-15/h2,4-7H,1,3,8-14H2,(H,21,25)/t19-/m1/s1. The maximum atomic E-state index is 13.1. The highest BCUT2D eigenvalue weighted by molar-refractivity contribution is 5.85. The number of likely N-dealkylation sites (tertiary alicyclic amines) is 2. The lowest BCUT2D eigenvalue weighted by Crippen LogP contribution is -2.50. The predicted octanol–water partition coefficient (Wildman–Crippen LogP) is 2.54. The van der Waals surface area contributed by atoms with Crippen LogP contribution in [0.3, 0.4) is 0 Å². The van der Waals surface area contributed by atoms with Crippen LogP contribution in [0.15, 0.2) is 36.9 Å². The molecule has 0 aromatic heterocycles. The maximum Gasteiger partial charge on any atom is 0.317 e. The Morgan fingerprint density at radius 2 is 2.04 bits per heavy atom. The van der Waals surface area contributed by atoms with Crippen LogP contribution in [-0.2, 0) is 11.3 Å². The summed E-state index contributed by atoms with van der Waals surface area (Å²) in [6.45, 7) is 6.28. The molecule has 0 unspecified atom stereocenters. The van der Waals surface area contributed by atoms with Gasteiger partial charge in [0.2, 0.25) is 5.91 Å². The largest absolute Gasteiger partial charge is 0.338 e. The number of nitrogens with zero attached hydrogens (tertiary/aromatic N) is 2. The third kappa shape index (κ3) is 3.67. The molecule has 2 aliphatic heterocycles. The second-order valence-corrected chi connectivity index (χ2v) is 6.88. The van der Waals surface area contributed by atoms with Gasteiger partial charge in [0.15, 0.2) is 0 Å². The first-order valence-corrected chi connectivity index (χ1v) is 8.71. The molecule has 134 valence electrons. The zero-order valence-electron chi connectivity index (χ0n) is 14.3. The van der Waals surface area contributed by atoms with Gasteiger partial charge >= 0.3 is 6.03 Å². The van der Waals surface area contributed by atoms with E-state index in [0.29, 0.717) is 39.1 Å². The molecule has 1 spiro atoms. The number of halogens is 1. The van der Waals surface area contributed by atoms with Crippen LogP contribution >= 0.6 is 0 Å². The van der Waals surface area contributed by atoms with Crippen molar-refractivity contribution in [3.05, 3.63) is 48.3 Å². The summed E-state index contributed by atoms with van der Waals surface area (Å²) in [6.07, 6.45) is 4.08. The van der Waals surface area contributed by atoms with E-state index in [1.807, 2.05) is 4.90 Å². The Labute approximate surface area is 147 Å². The smallest absolute Gasteiger partial charge is 0.317 e. The van der Waals surface area contributed by atoms with Crippen LogP contribution in [0.1, 0.15) is 24.8 Å². The fourth-order valence-electron chi connectivity index (χ4n) is 3.81. The minimum Gasteiger partial charge on any atom is -0.338 e. The van der Waals surface area contributed by atoms with Crippen molar-refractivity contribution in [3.63, 3.8) is 0 Å². The average molecular weight is 345 g/mol. The molecule has 2 saturated heterocycles. The van der Waals surface area contributed by atoms with E-state index in [1.165, 1.54) is 12.1 Å². The van der Waals surface area contributed by atoms with Crippen molar-refractivity contribution >= 4 is 11.9 Å². The van der Waals surface area contributed by atoms with Gasteiger partial charge in [-0.25, -0.2) is 9.18 Å². The summed E-state index contributed by atoms with van der Waals surface area (Å²) in [7, 11) is 0. The lowest BCUT2D eigenvalue weighted by molar-refractivity contribution is -0.146. The summed E-state index contributed by atoms with van der Waals surface area (Å²) >= 11 is 0. The molecule has 1 aromatic carbocycles. The van der Waals surface area contributed by atoms with Gasteiger partial charge in [0, 0.05) is 32.7 Å². The molecule has 2 fully saturated rings. The van der Waals surface area contributed by atoms with E-state index in [0.717, 1.165) is 18.4 Å². The Bertz CT molecular complexity index is 661. The molecule has 0 bridgehead atoms. The second-order valence-electron chi connectivity index (χ2n) is 6.88. The zero-order chi connectivity index (χ0) is 17.9. The summed E-state index contributed by atoms with van der Waals surface area (Å²) < 4.78 is 13.1. The van der Waals surface area contributed by atoms with Gasteiger partial charge in [0.1, 0.15) is 5.82 Å². The van der Waals surface area contributed by atoms with Gasteiger partial charge in [0.05, 0.1) is 5.41 Å². The number of benzene rings is 1. The first kappa shape index (κ1) is 17.5. The van der Waals surface area contributed by atoms with Crippen LogP contribution in [0.25, 0.3) is 0 Å². The SMILES string of the molecule is C=CCNC(=O)N1CC[C@]2(CCCN(Cc3ccc(F)cc3)C2=O)C1. The fourth-order valence-corrected chi connectivity index (χ4v) is 3.81. The van der Waals surface area contributed by atoms with Gasteiger partial charge in [-0.15, -0.1) is 6.58 Å². The zero-order valence-corrected chi connectivity index (χ0v) is 14.3. The van der Waals surface area contributed by atoms with Crippen molar-refractivity contribution in [1.29, 1.82) is 0 Å². The Kier molecular flexibility index (Phi) is 5.06. The first-order chi connectivity index (χ1) is 12.0. The lowest BCUT2D eigenvalue weighted by Gasteiger charge is -2.39. The van der Waals surface area contributed by atoms with E-state index in [9.17, 15) is 14.0 Å². The second kappa shape index (κ2) is 7.25. The molecule has 2 heterocycles. The Morgan fingerprint density at radius 1 is 1.28 bits per heavy atom. The van der Waals surface area contributed by atoms with Gasteiger partial charge in [-0.05, 0) is 37.0 Å². The van der Waals surface area contributed by atoms with Gasteiger partial charge in [-0.2, -0.15) is 0 Å². The van der Waals surface area contributed by atoms with Gasteiger partial charge < -0.3 is 15.1 Å². The highest BCUT2D eigenvalue weighted by Crippen LogP contribution is 2.40. The van der Waals surface area contributed by atoms with Crippen molar-refractivity contribution < 1.29 is 14.0 Å². The number of amides is 3. The predicted molar refractivity (Wildman–Crippen MR) is 93.3 cm³/mol. The minimum atomic E-state index is -0.468. The van der Waals surface area contributed by atoms with Gasteiger partial charge in [-0.1, -0.05) is 18.2 Å². The molecule has 2 aliphatic rings. The van der Waals surface area contributed by atoms with Crippen molar-refractivity contribution in [2.24, 2.45) is 5.41 Å². The third-order valence-corrected chi connectivity index (χ3v) is 5.15. The molecule has 25 heavy (non-hydrogen) atoms. The first-order valence-electron chi connectivity index (χ1n) is 8.71. The fraction of sp³-hybridized carbons (Fsp3) is 0.474. The molecular weight excluding hydrogens is 321 g/mol. The Morgan fingerprint density at radius 3 is 2.76 bits per heavy atom. The third-order valence-electron chi connectivity index (χ3n) is 5.15. The van der Waals surface area contributed by atoms with Gasteiger partial charge in [-0.3, -0.25) is 4.79 Å². The van der Waals surface area contributed by atoms with E-state index in [4.69, 9.17) is 0 Å². The molecule has 1 aromatic rings. The molecule has 0 aliphatic carbocycles. The van der Waals surface area contributed by atoms with Crippen LogP contribution in [0, 0.1) is 11.2 Å². The van der Waals surface area contributed by atoms with Crippen LogP contribution in [-0.4, -0.2) is 47.9 Å². The number of piperidine rings is 1. The number of nitrogens with one attached hydrogen (secondary N) is 1. The average Bonchev–Trinajstić information content (AvgIpc) is 3.04. The maximum absolute atomic E-state index is 13.1. The van der Waals surface area contributed by atoms with Crippen LogP contribution < -0.4 is 5.32 Å². The number of carbonyl (C=O) groups excluding carboxylic acids is 2. The van der Waals surface area contributed by atoms with Crippen LogP contribution in [0.5, 0.6) is 0 Å². The molecule has 6 heteroatoms. The molecule has 5 nitrogen and oxygen atoms in total. The summed E-state index contributed by atoms with van der Waals surface area (Å²) in [5.74, 6) is -0.163. The summed E-state index contributed by atoms with van der Waals surface area (Å²) in [4.78, 5) is 28.8. The highest BCUT2D eigenvalue weighted by Gasteiger charge is 2.49. The van der Waals surface area contributed by atoms with E-state index in [1.54, 1.807) is 23.1 Å². The van der Waals surface area contributed by atoms with Gasteiger partial charge in [0.25, 0.3) is 0 Å². The quantitative estimate of drug-likeness (QED) is 0.853. The molecule has 0 radical (unpaired) electrons. The molecular formula is C19H24FN3O2. The van der Waals surface area contributed by atoms with E-state index in [2.05, 4.69) is 11.9 Å². The monoisotopic (exact) mass is 345 g/mol. The number of carbonyl (C=O) groups is 2. The number of hydrogen-bond acceptors (Lipinski definition) is 2. The van der Waals surface area contributed by atoms with E-state index >= 15 is 0 Å². The summed E-state index contributed by atoms with van der Waals surface area (Å²) in [5, 5.41) is 2.78. The van der Waals surface area contributed by atoms with Crippen molar-refractivity contribution in [2.75, 3.05) is 26.2 Å². The number of rotatable bonds is 4.